The third kappa shape index (κ3) is 4.11. The van der Waals surface area contributed by atoms with Gasteiger partial charge in [0.05, 0.1) is 19.0 Å². The van der Waals surface area contributed by atoms with Crippen molar-refractivity contribution in [2.45, 2.75) is 25.6 Å². The van der Waals surface area contributed by atoms with Gasteiger partial charge in [-0.3, -0.25) is 14.5 Å². The van der Waals surface area contributed by atoms with E-state index in [0.29, 0.717) is 18.9 Å². The van der Waals surface area contributed by atoms with Gasteiger partial charge in [0.1, 0.15) is 0 Å². The highest BCUT2D eigenvalue weighted by atomic mass is 32.1. The minimum Gasteiger partial charge on any atom is -0.353 e. The van der Waals surface area contributed by atoms with Crippen molar-refractivity contribution < 1.29 is 9.59 Å². The molecule has 2 aromatic rings. The van der Waals surface area contributed by atoms with E-state index >= 15 is 0 Å². The highest BCUT2D eigenvalue weighted by molar-refractivity contribution is 7.09. The van der Waals surface area contributed by atoms with Crippen LogP contribution in [0.25, 0.3) is 0 Å². The van der Waals surface area contributed by atoms with E-state index in [1.54, 1.807) is 11.3 Å². The van der Waals surface area contributed by atoms with E-state index in [4.69, 9.17) is 0 Å². The van der Waals surface area contributed by atoms with E-state index < -0.39 is 6.04 Å². The van der Waals surface area contributed by atoms with Crippen LogP contribution < -0.4 is 10.6 Å². The summed E-state index contributed by atoms with van der Waals surface area (Å²) in [6.07, 6.45) is 0.106. The average Bonchev–Trinajstić information content (AvgIpc) is 3.22. The highest BCUT2D eigenvalue weighted by Crippen LogP contribution is 2.17. The van der Waals surface area contributed by atoms with Crippen molar-refractivity contribution in [2.24, 2.45) is 0 Å². The van der Waals surface area contributed by atoms with E-state index in [1.807, 2.05) is 22.4 Å². The summed E-state index contributed by atoms with van der Waals surface area (Å²) in [7, 11) is 0. The van der Waals surface area contributed by atoms with Gasteiger partial charge in [-0.15, -0.1) is 21.5 Å². The van der Waals surface area contributed by atoms with E-state index in [2.05, 4.69) is 31.3 Å². The Morgan fingerprint density at radius 2 is 2.43 bits per heavy atom. The second kappa shape index (κ2) is 7.29. The maximum Gasteiger partial charge on any atom is 0.237 e. The zero-order valence-electron chi connectivity index (χ0n) is 12.4. The molecule has 3 N–H and O–H groups in total. The fourth-order valence-electron chi connectivity index (χ4n) is 2.46. The zero-order chi connectivity index (χ0) is 16.1. The van der Waals surface area contributed by atoms with Crippen molar-refractivity contribution in [1.29, 1.82) is 0 Å². The summed E-state index contributed by atoms with van der Waals surface area (Å²) in [5.74, 6) is 0.0810. The molecular weight excluding hydrogens is 318 g/mol. The van der Waals surface area contributed by atoms with Crippen molar-refractivity contribution >= 4 is 23.2 Å². The lowest BCUT2D eigenvalue weighted by atomic mass is 10.1. The number of thiophene rings is 1. The normalized spacial score (nSPS) is 18.6. The molecule has 1 saturated heterocycles. The molecule has 9 nitrogen and oxygen atoms in total. The van der Waals surface area contributed by atoms with Crippen LogP contribution in [0.5, 0.6) is 0 Å². The number of aromatic nitrogens is 4. The van der Waals surface area contributed by atoms with Gasteiger partial charge in [-0.1, -0.05) is 11.3 Å². The number of hydrogen-bond donors (Lipinski definition) is 3. The van der Waals surface area contributed by atoms with Crippen LogP contribution in [0, 0.1) is 0 Å². The maximum atomic E-state index is 12.1. The van der Waals surface area contributed by atoms with Crippen molar-refractivity contribution in [3.05, 3.63) is 28.2 Å². The van der Waals surface area contributed by atoms with Gasteiger partial charge in [-0.05, 0) is 11.4 Å². The molecule has 1 aliphatic heterocycles. The first-order chi connectivity index (χ1) is 11.2. The molecule has 0 saturated carbocycles. The number of piperazine rings is 1. The molecule has 3 rings (SSSR count). The number of rotatable bonds is 6. The zero-order valence-corrected chi connectivity index (χ0v) is 13.2. The van der Waals surface area contributed by atoms with Gasteiger partial charge in [0.2, 0.25) is 11.8 Å². The summed E-state index contributed by atoms with van der Waals surface area (Å²) in [5, 5.41) is 20.8. The summed E-state index contributed by atoms with van der Waals surface area (Å²) < 4.78 is 0. The average molecular weight is 335 g/mol. The van der Waals surface area contributed by atoms with Crippen LogP contribution >= 0.6 is 11.3 Å². The number of carbonyl (C=O) groups is 2. The van der Waals surface area contributed by atoms with Crippen molar-refractivity contribution in [3.8, 4) is 0 Å². The van der Waals surface area contributed by atoms with Crippen LogP contribution in [-0.4, -0.2) is 56.5 Å². The predicted octanol–water partition coefficient (Wildman–Crippen LogP) is -0.732. The lowest BCUT2D eigenvalue weighted by Gasteiger charge is -2.34. The van der Waals surface area contributed by atoms with Crippen LogP contribution in [0.4, 0.5) is 0 Å². The molecule has 1 fully saturated rings. The topological polar surface area (TPSA) is 116 Å². The molecule has 0 aliphatic carbocycles. The van der Waals surface area contributed by atoms with Crippen LogP contribution in [0.15, 0.2) is 17.5 Å². The Hall–Kier alpha value is -2.33. The molecule has 122 valence electrons. The quantitative estimate of drug-likeness (QED) is 0.641. The van der Waals surface area contributed by atoms with Crippen LogP contribution in [0.3, 0.4) is 0 Å². The first-order valence-electron chi connectivity index (χ1n) is 7.25. The van der Waals surface area contributed by atoms with Gasteiger partial charge in [0, 0.05) is 24.5 Å². The number of tetrazole rings is 1. The number of aromatic amines is 1. The predicted molar refractivity (Wildman–Crippen MR) is 82.2 cm³/mol. The molecular formula is C13H17N7O2S. The molecule has 0 radical (unpaired) electrons. The number of nitrogens with zero attached hydrogens (tertiary/aromatic N) is 4. The van der Waals surface area contributed by atoms with Crippen LogP contribution in [0.2, 0.25) is 0 Å². The molecule has 0 bridgehead atoms. The molecule has 2 amide bonds. The minimum atomic E-state index is -0.462. The number of hydrogen-bond acceptors (Lipinski definition) is 7. The molecule has 1 atom stereocenters. The van der Waals surface area contributed by atoms with E-state index in [9.17, 15) is 9.59 Å². The molecule has 1 aliphatic rings. The van der Waals surface area contributed by atoms with Gasteiger partial charge < -0.3 is 10.6 Å². The Labute approximate surface area is 136 Å². The number of amides is 2. The number of carbonyl (C=O) groups excluding carboxylic acids is 2. The summed E-state index contributed by atoms with van der Waals surface area (Å²) >= 11 is 1.65. The Balaban J connectivity index is 1.57. The Kier molecular flexibility index (Phi) is 4.93. The first-order valence-corrected chi connectivity index (χ1v) is 8.13. The molecule has 2 aromatic heterocycles. The Morgan fingerprint density at radius 3 is 3.17 bits per heavy atom. The van der Waals surface area contributed by atoms with Crippen LogP contribution in [-0.2, 0) is 22.7 Å². The van der Waals surface area contributed by atoms with Gasteiger partial charge in [0.15, 0.2) is 5.82 Å². The largest absolute Gasteiger partial charge is 0.353 e. The van der Waals surface area contributed by atoms with Gasteiger partial charge in [0.25, 0.3) is 0 Å². The molecule has 0 spiro atoms. The molecule has 0 aromatic carbocycles. The van der Waals surface area contributed by atoms with Crippen LogP contribution in [0.1, 0.15) is 17.1 Å². The summed E-state index contributed by atoms with van der Waals surface area (Å²) in [6, 6.07) is 3.55. The number of nitrogens with one attached hydrogen (secondary N) is 3. The fraction of sp³-hybridized carbons (Fsp3) is 0.462. The minimum absolute atomic E-state index is 0.106. The van der Waals surface area contributed by atoms with Crippen molar-refractivity contribution in [1.82, 2.24) is 36.2 Å². The summed E-state index contributed by atoms with van der Waals surface area (Å²) in [6.45, 7) is 2.19. The first kappa shape index (κ1) is 15.6. The molecule has 3 heterocycles. The second-order valence-electron chi connectivity index (χ2n) is 5.17. The highest BCUT2D eigenvalue weighted by Gasteiger charge is 2.31. The molecule has 0 unspecified atom stereocenters. The summed E-state index contributed by atoms with van der Waals surface area (Å²) in [5.41, 5.74) is 0. The van der Waals surface area contributed by atoms with Gasteiger partial charge in [-0.2, -0.15) is 5.21 Å². The van der Waals surface area contributed by atoms with Gasteiger partial charge in [-0.25, -0.2) is 0 Å². The fourth-order valence-corrected chi connectivity index (χ4v) is 3.19. The van der Waals surface area contributed by atoms with E-state index in [1.165, 1.54) is 4.88 Å². The number of H-pyrrole nitrogens is 1. The van der Waals surface area contributed by atoms with E-state index in [-0.39, 0.29) is 24.8 Å². The SMILES string of the molecule is O=C(C[C@H]1C(=O)NCCN1Cc1cccs1)NCc1nn[nH]n1. The molecule has 23 heavy (non-hydrogen) atoms. The third-order valence-electron chi connectivity index (χ3n) is 3.59. The van der Waals surface area contributed by atoms with Crippen molar-refractivity contribution in [3.63, 3.8) is 0 Å². The smallest absolute Gasteiger partial charge is 0.237 e. The van der Waals surface area contributed by atoms with E-state index in [0.717, 1.165) is 6.54 Å². The maximum absolute atomic E-state index is 12.1. The van der Waals surface area contributed by atoms with Crippen molar-refractivity contribution in [2.75, 3.05) is 13.1 Å². The Morgan fingerprint density at radius 1 is 1.52 bits per heavy atom. The monoisotopic (exact) mass is 335 g/mol. The molecule has 10 heteroatoms. The lowest BCUT2D eigenvalue weighted by molar-refractivity contribution is -0.134. The lowest BCUT2D eigenvalue weighted by Crippen LogP contribution is -2.56. The summed E-state index contributed by atoms with van der Waals surface area (Å²) in [4.78, 5) is 27.4. The van der Waals surface area contributed by atoms with Gasteiger partial charge >= 0.3 is 0 Å². The standard InChI is InChI=1S/C13H17N7O2S/c21-12(15-7-11-16-18-19-17-11)6-10-13(22)14-3-4-20(10)8-9-2-1-5-23-9/h1-2,5,10H,3-4,6-8H2,(H,14,22)(H,15,21)(H,16,17,18,19)/t10-/m0/s1. The third-order valence-corrected chi connectivity index (χ3v) is 4.45. The Bertz CT molecular complexity index is 643. The second-order valence-corrected chi connectivity index (χ2v) is 6.20.